The van der Waals surface area contributed by atoms with Crippen LogP contribution in [0.15, 0.2) is 66.2 Å². The zero-order chi connectivity index (χ0) is 17.7. The molecule has 0 fully saturated rings. The van der Waals surface area contributed by atoms with E-state index in [9.17, 15) is 4.79 Å². The Bertz CT molecular complexity index is 1070. The topological polar surface area (TPSA) is 29.1 Å². The maximum atomic E-state index is 13.0. The van der Waals surface area contributed by atoms with Gasteiger partial charge in [0.2, 0.25) is 0 Å². The Balaban J connectivity index is 1.78. The number of hydrogen-bond acceptors (Lipinski definition) is 2. The van der Waals surface area contributed by atoms with Gasteiger partial charge in [-0.05, 0) is 52.9 Å². The number of allylic oxidation sites excluding steroid dienone is 1. The highest BCUT2D eigenvalue weighted by atomic mass is 35.5. The second-order valence-corrected chi connectivity index (χ2v) is 7.45. The number of halogens is 1. The maximum Gasteiger partial charge on any atom is 0.163 e. The van der Waals surface area contributed by atoms with Crippen LogP contribution < -0.4 is 5.32 Å². The first-order valence-electron chi connectivity index (χ1n) is 9.03. The first-order chi connectivity index (χ1) is 12.7. The lowest BCUT2D eigenvalue weighted by atomic mass is 9.77. The smallest absolute Gasteiger partial charge is 0.163 e. The highest BCUT2D eigenvalue weighted by Crippen LogP contribution is 2.47. The summed E-state index contributed by atoms with van der Waals surface area (Å²) >= 11 is 6.07. The molecule has 0 unspecified atom stereocenters. The van der Waals surface area contributed by atoms with Crippen LogP contribution in [0.4, 0.5) is 5.69 Å². The molecular weight excluding hydrogens is 342 g/mol. The van der Waals surface area contributed by atoms with E-state index >= 15 is 0 Å². The van der Waals surface area contributed by atoms with Gasteiger partial charge < -0.3 is 5.32 Å². The highest BCUT2D eigenvalue weighted by molar-refractivity contribution is 6.30. The molecule has 0 aromatic heterocycles. The van der Waals surface area contributed by atoms with Crippen LogP contribution in [0, 0.1) is 0 Å². The Kier molecular flexibility index (Phi) is 3.61. The van der Waals surface area contributed by atoms with Crippen LogP contribution in [0.2, 0.25) is 5.02 Å². The molecule has 3 heteroatoms. The van der Waals surface area contributed by atoms with Gasteiger partial charge in [0, 0.05) is 28.3 Å². The number of Topliss-reactive ketones (excluding diaryl/α,β-unsaturated/α-hetero) is 1. The van der Waals surface area contributed by atoms with E-state index in [0.29, 0.717) is 6.42 Å². The fourth-order valence-electron chi connectivity index (χ4n) is 4.30. The van der Waals surface area contributed by atoms with Gasteiger partial charge in [-0.2, -0.15) is 0 Å². The number of benzene rings is 3. The van der Waals surface area contributed by atoms with Gasteiger partial charge in [0.15, 0.2) is 5.78 Å². The third-order valence-electron chi connectivity index (χ3n) is 5.48. The first kappa shape index (κ1) is 15.7. The molecule has 1 aliphatic carbocycles. The van der Waals surface area contributed by atoms with E-state index in [1.54, 1.807) is 0 Å². The molecule has 26 heavy (non-hydrogen) atoms. The second kappa shape index (κ2) is 6.00. The van der Waals surface area contributed by atoms with E-state index in [1.165, 1.54) is 11.0 Å². The lowest BCUT2D eigenvalue weighted by Crippen LogP contribution is -2.25. The third-order valence-corrected chi connectivity index (χ3v) is 5.73. The molecule has 2 nitrogen and oxygen atoms in total. The number of fused-ring (bicyclic) bond motifs is 4. The van der Waals surface area contributed by atoms with Crippen molar-refractivity contribution in [1.82, 2.24) is 0 Å². The molecule has 5 rings (SSSR count). The number of ketones is 1. The van der Waals surface area contributed by atoms with Crippen molar-refractivity contribution in [3.05, 3.63) is 82.4 Å². The van der Waals surface area contributed by atoms with Crippen molar-refractivity contribution in [2.45, 2.75) is 25.3 Å². The molecule has 3 aromatic carbocycles. The van der Waals surface area contributed by atoms with Crippen LogP contribution in [-0.2, 0) is 4.79 Å². The predicted molar refractivity (Wildman–Crippen MR) is 108 cm³/mol. The quantitative estimate of drug-likeness (QED) is 0.563. The van der Waals surface area contributed by atoms with E-state index < -0.39 is 0 Å². The van der Waals surface area contributed by atoms with Crippen molar-refractivity contribution in [2.24, 2.45) is 0 Å². The molecule has 1 N–H and O–H groups in total. The normalized spacial score (nSPS) is 19.1. The van der Waals surface area contributed by atoms with E-state index in [1.807, 2.05) is 24.3 Å². The Morgan fingerprint density at radius 1 is 0.923 bits per heavy atom. The van der Waals surface area contributed by atoms with Gasteiger partial charge in [-0.25, -0.2) is 0 Å². The summed E-state index contributed by atoms with van der Waals surface area (Å²) in [6.07, 6.45) is 2.50. The van der Waals surface area contributed by atoms with Crippen molar-refractivity contribution in [2.75, 3.05) is 5.32 Å². The first-order valence-corrected chi connectivity index (χ1v) is 9.40. The molecule has 0 spiro atoms. The Morgan fingerprint density at radius 3 is 2.58 bits per heavy atom. The van der Waals surface area contributed by atoms with Crippen LogP contribution in [0.5, 0.6) is 0 Å². The molecule has 128 valence electrons. The predicted octanol–water partition coefficient (Wildman–Crippen LogP) is 6.17. The molecular formula is C23H18ClNO. The van der Waals surface area contributed by atoms with E-state index in [4.69, 9.17) is 11.6 Å². The van der Waals surface area contributed by atoms with Crippen molar-refractivity contribution < 1.29 is 4.79 Å². The molecule has 1 heterocycles. The van der Waals surface area contributed by atoms with E-state index in [0.717, 1.165) is 45.6 Å². The fraction of sp³-hybridized carbons (Fsp3) is 0.174. The van der Waals surface area contributed by atoms with Crippen molar-refractivity contribution in [1.29, 1.82) is 0 Å². The van der Waals surface area contributed by atoms with Gasteiger partial charge in [0.1, 0.15) is 0 Å². The summed E-state index contributed by atoms with van der Waals surface area (Å²) in [4.78, 5) is 13.0. The number of carbonyl (C=O) groups is 1. The van der Waals surface area contributed by atoms with E-state index in [-0.39, 0.29) is 11.8 Å². The lowest BCUT2D eigenvalue weighted by molar-refractivity contribution is -0.114. The summed E-state index contributed by atoms with van der Waals surface area (Å²) < 4.78 is 0. The zero-order valence-corrected chi connectivity index (χ0v) is 15.0. The SMILES string of the molecule is O=C1CCCC2=C1c1c(ccc3ccccc13)N[C@H]2c1ccc(Cl)cc1. The summed E-state index contributed by atoms with van der Waals surface area (Å²) in [6.45, 7) is 0. The summed E-state index contributed by atoms with van der Waals surface area (Å²) in [5.74, 6) is 0.268. The summed E-state index contributed by atoms with van der Waals surface area (Å²) in [6, 6.07) is 20.5. The van der Waals surface area contributed by atoms with Gasteiger partial charge >= 0.3 is 0 Å². The minimum Gasteiger partial charge on any atom is -0.374 e. The molecule has 0 amide bonds. The zero-order valence-electron chi connectivity index (χ0n) is 14.3. The Morgan fingerprint density at radius 2 is 1.73 bits per heavy atom. The lowest BCUT2D eigenvalue weighted by Gasteiger charge is -2.35. The van der Waals surface area contributed by atoms with Gasteiger partial charge in [-0.1, -0.05) is 54.1 Å². The van der Waals surface area contributed by atoms with Gasteiger partial charge in [0.05, 0.1) is 6.04 Å². The molecule has 0 saturated heterocycles. The van der Waals surface area contributed by atoms with Gasteiger partial charge in [0.25, 0.3) is 0 Å². The molecule has 0 saturated carbocycles. The standard InChI is InChI=1S/C23H18ClNO/c24-16-11-8-15(9-12-16)23-18-6-3-7-20(26)22(18)21-17-5-2-1-4-14(17)10-13-19(21)25-23/h1-2,4-5,8-13,23,25H,3,6-7H2/t23-/m0/s1. The monoisotopic (exact) mass is 359 g/mol. The van der Waals surface area contributed by atoms with Gasteiger partial charge in [-0.3, -0.25) is 4.79 Å². The summed E-state index contributed by atoms with van der Waals surface area (Å²) in [5, 5.41) is 6.74. The molecule has 3 aromatic rings. The maximum absolute atomic E-state index is 13.0. The van der Waals surface area contributed by atoms with Crippen LogP contribution in [0.3, 0.4) is 0 Å². The van der Waals surface area contributed by atoms with Crippen LogP contribution in [-0.4, -0.2) is 5.78 Å². The van der Waals surface area contributed by atoms with Crippen LogP contribution >= 0.6 is 11.6 Å². The fourth-order valence-corrected chi connectivity index (χ4v) is 4.43. The average molecular weight is 360 g/mol. The third kappa shape index (κ3) is 2.37. The molecule has 0 radical (unpaired) electrons. The van der Waals surface area contributed by atoms with Crippen molar-refractivity contribution in [3.8, 4) is 0 Å². The molecule has 1 atom stereocenters. The molecule has 2 aliphatic rings. The number of rotatable bonds is 1. The number of nitrogens with one attached hydrogen (secondary N) is 1. The second-order valence-electron chi connectivity index (χ2n) is 7.02. The largest absolute Gasteiger partial charge is 0.374 e. The highest BCUT2D eigenvalue weighted by Gasteiger charge is 2.34. The summed E-state index contributed by atoms with van der Waals surface area (Å²) in [5.41, 5.74) is 5.41. The molecule has 0 bridgehead atoms. The summed E-state index contributed by atoms with van der Waals surface area (Å²) in [7, 11) is 0. The molecule has 1 aliphatic heterocycles. The Hall–Kier alpha value is -2.58. The van der Waals surface area contributed by atoms with Crippen LogP contribution in [0.25, 0.3) is 16.3 Å². The minimum absolute atomic E-state index is 0.0279. The Labute approximate surface area is 157 Å². The number of anilines is 1. The number of carbonyl (C=O) groups excluding carboxylic acids is 1. The van der Waals surface area contributed by atoms with Crippen molar-refractivity contribution in [3.63, 3.8) is 0 Å². The number of hydrogen-bond donors (Lipinski definition) is 1. The average Bonchev–Trinajstić information content (AvgIpc) is 2.68. The van der Waals surface area contributed by atoms with Gasteiger partial charge in [-0.15, -0.1) is 0 Å². The van der Waals surface area contributed by atoms with Crippen molar-refractivity contribution >= 4 is 39.4 Å². The van der Waals surface area contributed by atoms with E-state index in [2.05, 4.69) is 41.7 Å². The minimum atomic E-state index is 0.0279. The van der Waals surface area contributed by atoms with Crippen LogP contribution in [0.1, 0.15) is 36.4 Å².